The molecular formula is C26H34ClN7O4S. The van der Waals surface area contributed by atoms with Gasteiger partial charge in [-0.2, -0.15) is 4.31 Å². The van der Waals surface area contributed by atoms with Crippen LogP contribution in [0.4, 0.5) is 5.95 Å². The average Bonchev–Trinajstić information content (AvgIpc) is 3.35. The van der Waals surface area contributed by atoms with Crippen LogP contribution in [0.3, 0.4) is 0 Å². The summed E-state index contributed by atoms with van der Waals surface area (Å²) in [6.07, 6.45) is 3.45. The molecule has 13 heteroatoms. The zero-order chi connectivity index (χ0) is 27.7. The first kappa shape index (κ1) is 27.8. The average molecular weight is 576 g/mol. The lowest BCUT2D eigenvalue weighted by molar-refractivity contribution is -0.145. The lowest BCUT2D eigenvalue weighted by Gasteiger charge is -2.47. The van der Waals surface area contributed by atoms with Gasteiger partial charge in [-0.3, -0.25) is 4.79 Å². The molecule has 0 saturated carbocycles. The Bertz CT molecular complexity index is 1440. The van der Waals surface area contributed by atoms with E-state index in [1.165, 1.54) is 4.31 Å². The zero-order valence-corrected chi connectivity index (χ0v) is 23.9. The second-order valence-corrected chi connectivity index (χ2v) is 12.6. The summed E-state index contributed by atoms with van der Waals surface area (Å²) < 4.78 is 34.2. The molecule has 2 saturated heterocycles. The number of piperidine rings is 1. The number of nitrogens with zero attached hydrogens (tertiary/aromatic N) is 5. The third-order valence-electron chi connectivity index (χ3n) is 7.44. The van der Waals surface area contributed by atoms with Gasteiger partial charge in [0.1, 0.15) is 5.03 Å². The molecule has 1 aromatic carbocycles. The molecule has 0 bridgehead atoms. The predicted molar refractivity (Wildman–Crippen MR) is 149 cm³/mol. The summed E-state index contributed by atoms with van der Waals surface area (Å²) in [6, 6.07) is 7.72. The molecule has 210 valence electrons. The maximum absolute atomic E-state index is 13.9. The standard InChI is InChI=1S/C26H34ClN7O4S/c1-32(2)26-29-11-8-22(31-26)25(17-6-9-28-10-7-17)34-20(16-38-3)14-33(15-24(34)35)39(36,37)23-13-18-12-19(27)4-5-21(18)30-23/h4-5,8,11-13,17,20,25,28,30H,6-7,9-10,14-16H2,1-3H3. The lowest BCUT2D eigenvalue weighted by atomic mass is 9.85. The van der Waals surface area contributed by atoms with Crippen LogP contribution in [0.5, 0.6) is 0 Å². The van der Waals surface area contributed by atoms with Crippen molar-refractivity contribution in [2.24, 2.45) is 5.92 Å². The number of nitrogens with one attached hydrogen (secondary N) is 2. The van der Waals surface area contributed by atoms with Crippen LogP contribution in [-0.4, -0.2) is 98.5 Å². The molecular weight excluding hydrogens is 542 g/mol. The molecule has 5 rings (SSSR count). The number of carbonyl (C=O) groups excluding carboxylic acids is 1. The first-order chi connectivity index (χ1) is 18.7. The van der Waals surface area contributed by atoms with Crippen LogP contribution < -0.4 is 10.2 Å². The van der Waals surface area contributed by atoms with Gasteiger partial charge >= 0.3 is 0 Å². The second kappa shape index (κ2) is 11.4. The van der Waals surface area contributed by atoms with E-state index in [1.54, 1.807) is 37.6 Å². The molecule has 0 aliphatic carbocycles. The maximum atomic E-state index is 13.9. The summed E-state index contributed by atoms with van der Waals surface area (Å²) in [6.45, 7) is 1.70. The number of ether oxygens (including phenoxy) is 1. The van der Waals surface area contributed by atoms with Gasteiger partial charge in [-0.15, -0.1) is 0 Å². The van der Waals surface area contributed by atoms with Crippen molar-refractivity contribution in [2.45, 2.75) is 30.0 Å². The van der Waals surface area contributed by atoms with Crippen molar-refractivity contribution in [1.29, 1.82) is 0 Å². The van der Waals surface area contributed by atoms with Crippen LogP contribution in [0, 0.1) is 5.92 Å². The molecule has 3 aromatic rings. The number of benzene rings is 1. The van der Waals surface area contributed by atoms with Crippen molar-refractivity contribution in [1.82, 2.24) is 29.5 Å². The normalized spacial score (nSPS) is 20.5. The Labute approximate surface area is 233 Å². The van der Waals surface area contributed by atoms with Crippen molar-refractivity contribution in [3.63, 3.8) is 0 Å². The predicted octanol–water partition coefficient (Wildman–Crippen LogP) is 2.27. The van der Waals surface area contributed by atoms with E-state index in [0.29, 0.717) is 21.9 Å². The number of H-pyrrole nitrogens is 1. The van der Waals surface area contributed by atoms with Crippen molar-refractivity contribution >= 4 is 44.4 Å². The number of aromatic amines is 1. The fourth-order valence-corrected chi connectivity index (χ4v) is 7.20. The number of amides is 1. The first-order valence-corrected chi connectivity index (χ1v) is 14.8. The number of carbonyl (C=O) groups is 1. The molecule has 39 heavy (non-hydrogen) atoms. The minimum absolute atomic E-state index is 0.0264. The number of hydrogen-bond donors (Lipinski definition) is 2. The monoisotopic (exact) mass is 575 g/mol. The molecule has 2 aromatic heterocycles. The summed E-state index contributed by atoms with van der Waals surface area (Å²) >= 11 is 6.10. The maximum Gasteiger partial charge on any atom is 0.259 e. The summed E-state index contributed by atoms with van der Waals surface area (Å²) in [4.78, 5) is 29.7. The summed E-state index contributed by atoms with van der Waals surface area (Å²) in [5, 5.41) is 4.62. The molecule has 0 radical (unpaired) electrons. The highest BCUT2D eigenvalue weighted by atomic mass is 35.5. The Balaban J connectivity index is 1.50. The molecule has 2 aliphatic heterocycles. The number of fused-ring (bicyclic) bond motifs is 1. The van der Waals surface area contributed by atoms with Crippen LogP contribution in [0.15, 0.2) is 41.6 Å². The third-order valence-corrected chi connectivity index (χ3v) is 9.41. The smallest absolute Gasteiger partial charge is 0.259 e. The first-order valence-electron chi connectivity index (χ1n) is 13.0. The Morgan fingerprint density at radius 1 is 1.21 bits per heavy atom. The Morgan fingerprint density at radius 2 is 1.97 bits per heavy atom. The summed E-state index contributed by atoms with van der Waals surface area (Å²) in [5.41, 5.74) is 1.40. The van der Waals surface area contributed by atoms with Crippen molar-refractivity contribution in [3.05, 3.63) is 47.2 Å². The SMILES string of the molecule is COCC1CN(S(=O)(=O)c2cc3cc(Cl)ccc3[nH]2)CC(=O)N1C(c1ccnc(N(C)C)n1)C1CCNCC1. The molecule has 2 unspecified atom stereocenters. The number of rotatable bonds is 8. The van der Waals surface area contributed by atoms with Crippen molar-refractivity contribution < 1.29 is 17.9 Å². The highest BCUT2D eigenvalue weighted by Crippen LogP contribution is 2.37. The molecule has 2 aliphatic rings. The van der Waals surface area contributed by atoms with E-state index in [0.717, 1.165) is 31.6 Å². The highest BCUT2D eigenvalue weighted by Gasteiger charge is 2.45. The fourth-order valence-electron chi connectivity index (χ4n) is 5.58. The number of anilines is 1. The second-order valence-electron chi connectivity index (χ2n) is 10.3. The van der Waals surface area contributed by atoms with Crippen molar-refractivity contribution in [2.75, 3.05) is 58.9 Å². The number of hydrogen-bond acceptors (Lipinski definition) is 8. The largest absolute Gasteiger partial charge is 0.382 e. The number of sulfonamides is 1. The lowest BCUT2D eigenvalue weighted by Crippen LogP contribution is -2.61. The fraction of sp³-hybridized carbons (Fsp3) is 0.500. The minimum Gasteiger partial charge on any atom is -0.382 e. The van der Waals surface area contributed by atoms with Crippen LogP contribution in [0.25, 0.3) is 10.9 Å². The van der Waals surface area contributed by atoms with Gasteiger partial charge in [0.15, 0.2) is 0 Å². The van der Waals surface area contributed by atoms with E-state index < -0.39 is 16.1 Å². The quantitative estimate of drug-likeness (QED) is 0.419. The zero-order valence-electron chi connectivity index (χ0n) is 22.3. The highest BCUT2D eigenvalue weighted by molar-refractivity contribution is 7.89. The molecule has 2 N–H and O–H groups in total. The van der Waals surface area contributed by atoms with Crippen LogP contribution >= 0.6 is 11.6 Å². The molecule has 2 atom stereocenters. The minimum atomic E-state index is -3.99. The van der Waals surface area contributed by atoms with Crippen LogP contribution in [0.2, 0.25) is 5.02 Å². The number of methoxy groups -OCH3 is 1. The summed E-state index contributed by atoms with van der Waals surface area (Å²) in [7, 11) is 1.32. The van der Waals surface area contributed by atoms with Gasteiger partial charge in [0.2, 0.25) is 11.9 Å². The van der Waals surface area contributed by atoms with E-state index in [9.17, 15) is 13.2 Å². The Hall–Kier alpha value is -2.77. The van der Waals surface area contributed by atoms with Gasteiger partial charge in [0, 0.05) is 49.9 Å². The van der Waals surface area contributed by atoms with Crippen molar-refractivity contribution in [3.8, 4) is 0 Å². The third kappa shape index (κ3) is 5.62. The molecule has 4 heterocycles. The van der Waals surface area contributed by atoms with Crippen LogP contribution in [-0.2, 0) is 19.6 Å². The topological polar surface area (TPSA) is 124 Å². The van der Waals surface area contributed by atoms with Gasteiger partial charge in [0.25, 0.3) is 10.0 Å². The number of aromatic nitrogens is 3. The van der Waals surface area contributed by atoms with E-state index >= 15 is 0 Å². The van der Waals surface area contributed by atoms with E-state index in [-0.39, 0.29) is 42.6 Å². The van der Waals surface area contributed by atoms with Gasteiger partial charge < -0.3 is 24.8 Å². The molecule has 11 nitrogen and oxygen atoms in total. The van der Waals surface area contributed by atoms with E-state index in [1.807, 2.05) is 30.0 Å². The van der Waals surface area contributed by atoms with E-state index in [4.69, 9.17) is 21.3 Å². The number of halogens is 1. The van der Waals surface area contributed by atoms with Gasteiger partial charge in [-0.1, -0.05) is 11.6 Å². The van der Waals surface area contributed by atoms with Gasteiger partial charge in [-0.05, 0) is 62.2 Å². The molecule has 0 spiro atoms. The van der Waals surface area contributed by atoms with Crippen LogP contribution in [0.1, 0.15) is 24.6 Å². The Morgan fingerprint density at radius 3 is 2.69 bits per heavy atom. The summed E-state index contributed by atoms with van der Waals surface area (Å²) in [5.74, 6) is 0.433. The van der Waals surface area contributed by atoms with Gasteiger partial charge in [0.05, 0.1) is 30.9 Å². The van der Waals surface area contributed by atoms with E-state index in [2.05, 4.69) is 15.3 Å². The molecule has 1 amide bonds. The number of piperazine rings is 1. The Kier molecular flexibility index (Phi) is 8.11. The molecule has 2 fully saturated rings. The van der Waals surface area contributed by atoms with Gasteiger partial charge in [-0.25, -0.2) is 18.4 Å².